The number of hydrogen-bond donors (Lipinski definition) is 1. The smallest absolute Gasteiger partial charge is 0.216 e. The van der Waals surface area contributed by atoms with Gasteiger partial charge in [0.05, 0.1) is 11.8 Å². The van der Waals surface area contributed by atoms with Gasteiger partial charge in [-0.15, -0.1) is 0 Å². The zero-order chi connectivity index (χ0) is 12.1. The van der Waals surface area contributed by atoms with Crippen LogP contribution >= 0.6 is 0 Å². The number of aromatic nitrogens is 3. The molecule has 1 amide bonds. The quantitative estimate of drug-likeness (QED) is 0.605. The molecule has 0 fully saturated rings. The lowest BCUT2D eigenvalue weighted by molar-refractivity contribution is -0.118. The lowest BCUT2D eigenvalue weighted by Gasteiger charge is -1.94. The Morgan fingerprint density at radius 2 is 2.47 bits per heavy atom. The summed E-state index contributed by atoms with van der Waals surface area (Å²) in [5.41, 5.74) is 1.55. The van der Waals surface area contributed by atoms with E-state index in [4.69, 9.17) is 0 Å². The third kappa shape index (κ3) is 2.82. The van der Waals surface area contributed by atoms with Crippen LogP contribution in [-0.2, 0) is 4.79 Å². The Labute approximate surface area is 98.9 Å². The van der Waals surface area contributed by atoms with Crippen molar-refractivity contribution < 1.29 is 4.79 Å². The second-order valence-electron chi connectivity index (χ2n) is 3.48. The van der Waals surface area contributed by atoms with E-state index in [-0.39, 0.29) is 5.91 Å². The number of fused-ring (bicyclic) bond motifs is 1. The maximum Gasteiger partial charge on any atom is 0.216 e. The Bertz CT molecular complexity index is 591. The van der Waals surface area contributed by atoms with Gasteiger partial charge in [0.15, 0.2) is 5.65 Å². The van der Waals surface area contributed by atoms with Gasteiger partial charge in [-0.05, 0) is 6.07 Å². The van der Waals surface area contributed by atoms with E-state index < -0.39 is 0 Å². The molecule has 0 unspecified atom stereocenters. The van der Waals surface area contributed by atoms with Gasteiger partial charge in [-0.3, -0.25) is 4.79 Å². The van der Waals surface area contributed by atoms with Crippen molar-refractivity contribution in [3.05, 3.63) is 30.2 Å². The monoisotopic (exact) mass is 228 g/mol. The zero-order valence-corrected chi connectivity index (χ0v) is 9.47. The van der Waals surface area contributed by atoms with Gasteiger partial charge in [0.25, 0.3) is 0 Å². The first-order valence-corrected chi connectivity index (χ1v) is 5.29. The first kappa shape index (κ1) is 11.1. The van der Waals surface area contributed by atoms with E-state index in [1.807, 2.05) is 12.3 Å². The van der Waals surface area contributed by atoms with Crippen LogP contribution in [-0.4, -0.2) is 27.0 Å². The van der Waals surface area contributed by atoms with E-state index >= 15 is 0 Å². The maximum absolute atomic E-state index is 10.6. The summed E-state index contributed by atoms with van der Waals surface area (Å²) >= 11 is 0. The van der Waals surface area contributed by atoms with Crippen LogP contribution in [0.25, 0.3) is 5.65 Å². The van der Waals surface area contributed by atoms with Gasteiger partial charge in [-0.1, -0.05) is 11.8 Å². The van der Waals surface area contributed by atoms with Crippen LogP contribution in [0.15, 0.2) is 24.7 Å². The molecule has 0 aliphatic carbocycles. The number of amides is 1. The Kier molecular flexibility index (Phi) is 3.36. The van der Waals surface area contributed by atoms with Crippen molar-refractivity contribution >= 4 is 11.6 Å². The highest BCUT2D eigenvalue weighted by atomic mass is 16.1. The molecule has 0 aromatic carbocycles. The normalized spacial score (nSPS) is 9.71. The van der Waals surface area contributed by atoms with Crippen molar-refractivity contribution in [1.29, 1.82) is 0 Å². The molecule has 2 aromatic heterocycles. The second kappa shape index (κ2) is 5.12. The van der Waals surface area contributed by atoms with E-state index in [9.17, 15) is 4.79 Å². The van der Waals surface area contributed by atoms with Gasteiger partial charge in [-0.25, -0.2) is 9.50 Å². The Morgan fingerprint density at radius 3 is 3.29 bits per heavy atom. The lowest BCUT2D eigenvalue weighted by atomic mass is 10.3. The highest BCUT2D eigenvalue weighted by Gasteiger charge is 1.99. The summed E-state index contributed by atoms with van der Waals surface area (Å²) in [5, 5.41) is 6.81. The summed E-state index contributed by atoms with van der Waals surface area (Å²) in [4.78, 5) is 14.8. The lowest BCUT2D eigenvalue weighted by Crippen LogP contribution is -2.20. The van der Waals surface area contributed by atoms with Gasteiger partial charge >= 0.3 is 0 Å². The maximum atomic E-state index is 10.6. The third-order valence-electron chi connectivity index (χ3n) is 2.13. The van der Waals surface area contributed by atoms with Crippen molar-refractivity contribution in [2.75, 3.05) is 6.54 Å². The molecule has 86 valence electrons. The number of carbonyl (C=O) groups is 1. The molecule has 1 N–H and O–H groups in total. The summed E-state index contributed by atoms with van der Waals surface area (Å²) in [6.07, 6.45) is 5.84. The minimum atomic E-state index is -0.0375. The van der Waals surface area contributed by atoms with Crippen LogP contribution in [0.1, 0.15) is 18.9 Å². The Morgan fingerprint density at radius 1 is 1.59 bits per heavy atom. The average Bonchev–Trinajstić information content (AvgIpc) is 2.72. The Balaban J connectivity index is 2.04. The molecule has 2 heterocycles. The summed E-state index contributed by atoms with van der Waals surface area (Å²) in [6, 6.07) is 1.81. The molecule has 5 nitrogen and oxygen atoms in total. The molecule has 0 spiro atoms. The van der Waals surface area contributed by atoms with E-state index in [2.05, 4.69) is 27.2 Å². The largest absolute Gasteiger partial charge is 0.355 e. The van der Waals surface area contributed by atoms with Gasteiger partial charge in [0, 0.05) is 32.3 Å². The van der Waals surface area contributed by atoms with Crippen LogP contribution in [0.4, 0.5) is 0 Å². The topological polar surface area (TPSA) is 59.3 Å². The van der Waals surface area contributed by atoms with Crippen molar-refractivity contribution in [1.82, 2.24) is 19.9 Å². The van der Waals surface area contributed by atoms with Crippen molar-refractivity contribution in [2.45, 2.75) is 13.3 Å². The number of rotatable bonds is 2. The first-order chi connectivity index (χ1) is 8.27. The summed E-state index contributed by atoms with van der Waals surface area (Å²) in [7, 11) is 0. The fraction of sp³-hybridized carbons (Fsp3) is 0.250. The predicted molar refractivity (Wildman–Crippen MR) is 63.2 cm³/mol. The highest BCUT2D eigenvalue weighted by molar-refractivity contribution is 5.72. The molecule has 0 radical (unpaired) electrons. The number of nitrogens with zero attached hydrogens (tertiary/aromatic N) is 3. The summed E-state index contributed by atoms with van der Waals surface area (Å²) in [6.45, 7) is 2.05. The standard InChI is InChI=1S/C12H12N4O/c1-10(17)13-6-3-2-5-11-9-15-16-8-4-7-14-12(11)16/h4,7-9H,3,6H2,1H3,(H,13,17). The third-order valence-corrected chi connectivity index (χ3v) is 2.13. The molecule has 0 aliphatic heterocycles. The molecule has 0 bridgehead atoms. The first-order valence-electron chi connectivity index (χ1n) is 5.29. The van der Waals surface area contributed by atoms with Gasteiger partial charge < -0.3 is 5.32 Å². The number of carbonyl (C=O) groups excluding carboxylic acids is 1. The fourth-order valence-electron chi connectivity index (χ4n) is 1.37. The highest BCUT2D eigenvalue weighted by Crippen LogP contribution is 2.04. The van der Waals surface area contributed by atoms with E-state index in [1.54, 1.807) is 16.9 Å². The van der Waals surface area contributed by atoms with Crippen molar-refractivity contribution in [3.63, 3.8) is 0 Å². The summed E-state index contributed by atoms with van der Waals surface area (Å²) < 4.78 is 1.68. The van der Waals surface area contributed by atoms with Crippen molar-refractivity contribution in [2.24, 2.45) is 0 Å². The molecule has 2 aromatic rings. The molecule has 0 aliphatic rings. The van der Waals surface area contributed by atoms with Crippen LogP contribution in [0.2, 0.25) is 0 Å². The number of nitrogens with one attached hydrogen (secondary N) is 1. The molecule has 5 heteroatoms. The van der Waals surface area contributed by atoms with Crippen LogP contribution in [0, 0.1) is 11.8 Å². The van der Waals surface area contributed by atoms with E-state index in [0.717, 1.165) is 11.2 Å². The molecule has 0 saturated heterocycles. The van der Waals surface area contributed by atoms with E-state index in [0.29, 0.717) is 13.0 Å². The molecular weight excluding hydrogens is 216 g/mol. The predicted octanol–water partition coefficient (Wildman–Crippen LogP) is 0.607. The summed E-state index contributed by atoms with van der Waals surface area (Å²) in [5.74, 6) is 5.93. The number of hydrogen-bond acceptors (Lipinski definition) is 3. The SMILES string of the molecule is CC(=O)NCCC#Cc1cnn2cccnc12. The second-order valence-corrected chi connectivity index (χ2v) is 3.48. The fourth-order valence-corrected chi connectivity index (χ4v) is 1.37. The molecule has 0 saturated carbocycles. The van der Waals surface area contributed by atoms with Gasteiger partial charge in [0.2, 0.25) is 5.91 Å². The van der Waals surface area contributed by atoms with Crippen LogP contribution < -0.4 is 5.32 Å². The van der Waals surface area contributed by atoms with E-state index in [1.165, 1.54) is 6.92 Å². The Hall–Kier alpha value is -2.35. The van der Waals surface area contributed by atoms with Crippen LogP contribution in [0.5, 0.6) is 0 Å². The molecule has 2 rings (SSSR count). The average molecular weight is 228 g/mol. The van der Waals surface area contributed by atoms with Gasteiger partial charge in [-0.2, -0.15) is 5.10 Å². The molecule has 0 atom stereocenters. The van der Waals surface area contributed by atoms with Gasteiger partial charge in [0.1, 0.15) is 0 Å². The molecule has 17 heavy (non-hydrogen) atoms. The minimum Gasteiger partial charge on any atom is -0.355 e. The van der Waals surface area contributed by atoms with Crippen molar-refractivity contribution in [3.8, 4) is 11.8 Å². The van der Waals surface area contributed by atoms with Crippen LogP contribution in [0.3, 0.4) is 0 Å². The zero-order valence-electron chi connectivity index (χ0n) is 9.47. The molecular formula is C12H12N4O. The minimum absolute atomic E-state index is 0.0375.